The minimum Gasteiger partial charge on any atom is -0.312 e. The zero-order chi connectivity index (χ0) is 19.7. The number of halogens is 2. The van der Waals surface area contributed by atoms with Crippen LogP contribution in [0.3, 0.4) is 0 Å². The summed E-state index contributed by atoms with van der Waals surface area (Å²) in [6.07, 6.45) is 0.845. The average molecular weight is 417 g/mol. The van der Waals surface area contributed by atoms with Gasteiger partial charge in [-0.1, -0.05) is 40.5 Å². The van der Waals surface area contributed by atoms with Crippen molar-refractivity contribution in [3.8, 4) is 0 Å². The number of pyridine rings is 1. The first-order valence-corrected chi connectivity index (χ1v) is 9.62. The van der Waals surface area contributed by atoms with Crippen molar-refractivity contribution in [3.05, 3.63) is 68.6 Å². The maximum absolute atomic E-state index is 12.6. The lowest BCUT2D eigenvalue weighted by Gasteiger charge is -2.16. The van der Waals surface area contributed by atoms with Crippen LogP contribution in [0.25, 0.3) is 0 Å². The quantitative estimate of drug-likeness (QED) is 0.681. The van der Waals surface area contributed by atoms with Crippen LogP contribution < -0.4 is 10.6 Å². The van der Waals surface area contributed by atoms with Gasteiger partial charge in [-0.2, -0.15) is 0 Å². The van der Waals surface area contributed by atoms with E-state index in [9.17, 15) is 4.79 Å². The molecule has 0 aliphatic carbocycles. The van der Waals surface area contributed by atoms with E-state index in [4.69, 9.17) is 23.2 Å². The molecular weight excluding hydrogens is 399 g/mol. The third-order valence-electron chi connectivity index (χ3n) is 4.68. The molecule has 2 N–H and O–H groups in total. The Morgan fingerprint density at radius 3 is 2.93 bits per heavy atom. The van der Waals surface area contributed by atoms with Gasteiger partial charge in [0.1, 0.15) is 5.82 Å². The molecule has 0 fully saturated rings. The zero-order valence-electron chi connectivity index (χ0n) is 15.2. The molecule has 144 valence electrons. The van der Waals surface area contributed by atoms with E-state index in [0.717, 1.165) is 36.3 Å². The van der Waals surface area contributed by atoms with E-state index in [-0.39, 0.29) is 11.6 Å². The summed E-state index contributed by atoms with van der Waals surface area (Å²) in [5.74, 6) is 0.184. The first kappa shape index (κ1) is 18.9. The molecule has 28 heavy (non-hydrogen) atoms. The van der Waals surface area contributed by atoms with Crippen molar-refractivity contribution >= 4 is 34.9 Å². The summed E-state index contributed by atoms with van der Waals surface area (Å²) in [5, 5.41) is 15.2. The summed E-state index contributed by atoms with van der Waals surface area (Å²) in [6.45, 7) is 3.93. The van der Waals surface area contributed by atoms with Gasteiger partial charge in [-0.3, -0.25) is 4.79 Å². The van der Waals surface area contributed by atoms with E-state index in [1.54, 1.807) is 29.8 Å². The monoisotopic (exact) mass is 416 g/mol. The van der Waals surface area contributed by atoms with Gasteiger partial charge in [0.2, 0.25) is 0 Å². The lowest BCUT2D eigenvalue weighted by Crippen LogP contribution is -2.25. The van der Waals surface area contributed by atoms with Gasteiger partial charge in [-0.15, -0.1) is 5.10 Å². The Morgan fingerprint density at radius 2 is 2.11 bits per heavy atom. The van der Waals surface area contributed by atoms with Crippen LogP contribution in [0.4, 0.5) is 5.82 Å². The maximum atomic E-state index is 12.6. The van der Waals surface area contributed by atoms with Gasteiger partial charge in [-0.05, 0) is 36.2 Å². The number of fused-ring (bicyclic) bond motifs is 1. The fourth-order valence-electron chi connectivity index (χ4n) is 3.11. The van der Waals surface area contributed by atoms with Gasteiger partial charge in [0.05, 0.1) is 22.3 Å². The van der Waals surface area contributed by atoms with Crippen molar-refractivity contribution in [1.29, 1.82) is 0 Å². The standard InChI is InChI=1S/C19H18Cl2N6O/c1-11-18(25-26-27(11)10-12-2-4-14(20)15(21)8-12)19(28)24-17-5-3-13-9-22-7-6-16(13)23-17/h2-5,8,22H,6-7,9-10H2,1H3,(H,23,24,28). The van der Waals surface area contributed by atoms with Crippen molar-refractivity contribution < 1.29 is 4.79 Å². The van der Waals surface area contributed by atoms with E-state index in [0.29, 0.717) is 28.1 Å². The lowest BCUT2D eigenvalue weighted by molar-refractivity contribution is 0.102. The van der Waals surface area contributed by atoms with Gasteiger partial charge in [0.25, 0.3) is 5.91 Å². The summed E-state index contributed by atoms with van der Waals surface area (Å²) in [6, 6.07) is 9.16. The zero-order valence-corrected chi connectivity index (χ0v) is 16.7. The topological polar surface area (TPSA) is 84.7 Å². The number of aromatic nitrogens is 4. The SMILES string of the molecule is Cc1c(C(=O)Nc2ccc3c(n2)CCNC3)nnn1Cc1ccc(Cl)c(Cl)c1. The smallest absolute Gasteiger partial charge is 0.279 e. The molecule has 3 heterocycles. The molecule has 0 unspecified atom stereocenters. The van der Waals surface area contributed by atoms with E-state index in [1.165, 1.54) is 0 Å². The molecule has 1 aromatic carbocycles. The highest BCUT2D eigenvalue weighted by Gasteiger charge is 2.18. The molecule has 1 aliphatic heterocycles. The van der Waals surface area contributed by atoms with Gasteiger partial charge >= 0.3 is 0 Å². The molecule has 4 rings (SSSR count). The Hall–Kier alpha value is -2.48. The highest BCUT2D eigenvalue weighted by molar-refractivity contribution is 6.42. The molecule has 0 radical (unpaired) electrons. The number of carbonyl (C=O) groups excluding carboxylic acids is 1. The largest absolute Gasteiger partial charge is 0.312 e. The average Bonchev–Trinajstić information content (AvgIpc) is 3.05. The molecule has 0 spiro atoms. The van der Waals surface area contributed by atoms with Gasteiger partial charge in [-0.25, -0.2) is 9.67 Å². The fraction of sp³-hybridized carbons (Fsp3) is 0.263. The number of hydrogen-bond donors (Lipinski definition) is 2. The molecule has 9 heteroatoms. The van der Waals surface area contributed by atoms with Crippen LogP contribution >= 0.6 is 23.2 Å². The van der Waals surface area contributed by atoms with E-state index in [1.807, 2.05) is 12.1 Å². The number of hydrogen-bond acceptors (Lipinski definition) is 5. The summed E-state index contributed by atoms with van der Waals surface area (Å²) in [7, 11) is 0. The van der Waals surface area contributed by atoms with Crippen molar-refractivity contribution in [2.24, 2.45) is 0 Å². The second kappa shape index (κ2) is 7.87. The summed E-state index contributed by atoms with van der Waals surface area (Å²) in [4.78, 5) is 17.2. The van der Waals surface area contributed by atoms with Crippen LogP contribution in [0.1, 0.15) is 33.0 Å². The summed E-state index contributed by atoms with van der Waals surface area (Å²) < 4.78 is 1.65. The van der Waals surface area contributed by atoms with E-state index >= 15 is 0 Å². The first-order chi connectivity index (χ1) is 13.5. The Morgan fingerprint density at radius 1 is 1.25 bits per heavy atom. The predicted molar refractivity (Wildman–Crippen MR) is 108 cm³/mol. The fourth-order valence-corrected chi connectivity index (χ4v) is 3.43. The van der Waals surface area contributed by atoms with Crippen LogP contribution in [0.2, 0.25) is 10.0 Å². The third-order valence-corrected chi connectivity index (χ3v) is 5.42. The second-order valence-corrected chi connectivity index (χ2v) is 7.43. The second-order valence-electron chi connectivity index (χ2n) is 6.61. The number of carbonyl (C=O) groups is 1. The van der Waals surface area contributed by atoms with Crippen LogP contribution in [0, 0.1) is 6.92 Å². The minimum atomic E-state index is -0.334. The van der Waals surface area contributed by atoms with Crippen molar-refractivity contribution in [1.82, 2.24) is 25.3 Å². The van der Waals surface area contributed by atoms with Gasteiger partial charge in [0, 0.05) is 25.2 Å². The molecule has 0 atom stereocenters. The number of benzene rings is 1. The van der Waals surface area contributed by atoms with E-state index in [2.05, 4.69) is 25.9 Å². The molecule has 1 amide bonds. The van der Waals surface area contributed by atoms with Crippen LogP contribution in [0.5, 0.6) is 0 Å². The highest BCUT2D eigenvalue weighted by atomic mass is 35.5. The minimum absolute atomic E-state index is 0.265. The maximum Gasteiger partial charge on any atom is 0.279 e. The summed E-state index contributed by atoms with van der Waals surface area (Å²) in [5.41, 5.74) is 4.01. The number of nitrogens with zero attached hydrogens (tertiary/aromatic N) is 4. The number of anilines is 1. The lowest BCUT2D eigenvalue weighted by atomic mass is 10.1. The molecule has 7 nitrogen and oxygen atoms in total. The van der Waals surface area contributed by atoms with Crippen molar-refractivity contribution in [2.45, 2.75) is 26.4 Å². The van der Waals surface area contributed by atoms with Crippen LogP contribution in [0.15, 0.2) is 30.3 Å². The Kier molecular flexibility index (Phi) is 5.30. The number of rotatable bonds is 4. The number of nitrogens with one attached hydrogen (secondary N) is 2. The normalized spacial score (nSPS) is 13.2. The Labute approximate surface area is 172 Å². The van der Waals surface area contributed by atoms with Crippen molar-refractivity contribution in [2.75, 3.05) is 11.9 Å². The molecule has 3 aromatic rings. The molecule has 0 saturated heterocycles. The highest BCUT2D eigenvalue weighted by Crippen LogP contribution is 2.23. The molecule has 1 aliphatic rings. The number of amides is 1. The molecule has 2 aromatic heterocycles. The van der Waals surface area contributed by atoms with Crippen molar-refractivity contribution in [3.63, 3.8) is 0 Å². The van der Waals surface area contributed by atoms with Gasteiger partial charge in [0.15, 0.2) is 5.69 Å². The molecule has 0 saturated carbocycles. The van der Waals surface area contributed by atoms with Crippen LogP contribution in [-0.4, -0.2) is 32.4 Å². The Bertz CT molecular complexity index is 1050. The van der Waals surface area contributed by atoms with Crippen LogP contribution in [-0.2, 0) is 19.5 Å². The van der Waals surface area contributed by atoms with E-state index < -0.39 is 0 Å². The Balaban J connectivity index is 1.50. The first-order valence-electron chi connectivity index (χ1n) is 8.86. The predicted octanol–water partition coefficient (Wildman–Crippen LogP) is 3.23. The summed E-state index contributed by atoms with van der Waals surface area (Å²) >= 11 is 12.0. The third kappa shape index (κ3) is 3.87. The van der Waals surface area contributed by atoms with Gasteiger partial charge < -0.3 is 10.6 Å². The molecule has 0 bridgehead atoms. The molecular formula is C19H18Cl2N6O.